The van der Waals surface area contributed by atoms with Crippen molar-refractivity contribution in [3.05, 3.63) is 0 Å². The van der Waals surface area contributed by atoms with Gasteiger partial charge in [0.2, 0.25) is 0 Å². The summed E-state index contributed by atoms with van der Waals surface area (Å²) < 4.78 is 11.2. The predicted octanol–water partition coefficient (Wildman–Crippen LogP) is 4.07. The van der Waals surface area contributed by atoms with E-state index in [1.54, 1.807) is 0 Å². The molecule has 0 unspecified atom stereocenters. The summed E-state index contributed by atoms with van der Waals surface area (Å²) in [5, 5.41) is 0. The Morgan fingerprint density at radius 1 is 0.893 bits per heavy atom. The Labute approximate surface area is 167 Å². The maximum absolute atomic E-state index is 13.4. The van der Waals surface area contributed by atoms with Gasteiger partial charge in [-0.15, -0.1) is 0 Å². The molecule has 0 amide bonds. The number of hydrogen-bond donors (Lipinski definition) is 0. The number of carbonyl (C=O) groups is 3. The molecule has 0 saturated heterocycles. The predicted molar refractivity (Wildman–Crippen MR) is 103 cm³/mol. The molecule has 0 aromatic carbocycles. The van der Waals surface area contributed by atoms with Crippen molar-refractivity contribution < 1.29 is 23.9 Å². The monoisotopic (exact) mass is 390 g/mol. The summed E-state index contributed by atoms with van der Waals surface area (Å²) in [4.78, 5) is 36.3. The zero-order valence-electron chi connectivity index (χ0n) is 17.7. The Kier molecular flexibility index (Phi) is 4.86. The van der Waals surface area contributed by atoms with Crippen molar-refractivity contribution >= 4 is 17.7 Å². The summed E-state index contributed by atoms with van der Waals surface area (Å²) in [7, 11) is 0. The lowest BCUT2D eigenvalue weighted by Gasteiger charge is -2.59. The summed E-state index contributed by atoms with van der Waals surface area (Å²) in [6.45, 7) is 7.58. The van der Waals surface area contributed by atoms with E-state index >= 15 is 0 Å². The average Bonchev–Trinajstić information content (AvgIpc) is 2.92. The van der Waals surface area contributed by atoms with Gasteiger partial charge in [0.15, 0.2) is 0 Å². The first kappa shape index (κ1) is 19.9. The Morgan fingerprint density at radius 3 is 2.21 bits per heavy atom. The van der Waals surface area contributed by atoms with E-state index in [9.17, 15) is 14.4 Å². The van der Waals surface area contributed by atoms with Gasteiger partial charge in [-0.3, -0.25) is 14.4 Å². The largest absolute Gasteiger partial charge is 0.463 e. The molecule has 5 heteroatoms. The fraction of sp³-hybridized carbons (Fsp3) is 0.870. The van der Waals surface area contributed by atoms with E-state index in [0.717, 1.165) is 44.9 Å². The molecule has 0 heterocycles. The number of hydrogen-bond acceptors (Lipinski definition) is 5. The van der Waals surface area contributed by atoms with Crippen LogP contribution < -0.4 is 0 Å². The van der Waals surface area contributed by atoms with Crippen LogP contribution in [0, 0.1) is 34.5 Å². The standard InChI is InChI=1S/C23H34O5/c1-13(24)27-16-7-9-22(3)15(11-16)12-19(26)21-17-5-6-20(28-14(2)25)23(17,4)10-8-18(21)22/h15-18,20-21H,5-12H2,1-4H3/t15-,16+,17+,18+,20+,21+,22+,23+/m1/s1. The van der Waals surface area contributed by atoms with Gasteiger partial charge < -0.3 is 9.47 Å². The number of ketones is 1. The molecular formula is C23H34O5. The molecule has 4 aliphatic carbocycles. The molecule has 28 heavy (non-hydrogen) atoms. The number of fused-ring (bicyclic) bond motifs is 5. The summed E-state index contributed by atoms with van der Waals surface area (Å²) in [6.07, 6.45) is 7.21. The molecule has 4 fully saturated rings. The zero-order chi connectivity index (χ0) is 20.3. The van der Waals surface area contributed by atoms with Crippen molar-refractivity contribution in [2.24, 2.45) is 34.5 Å². The highest BCUT2D eigenvalue weighted by molar-refractivity contribution is 5.83. The van der Waals surface area contributed by atoms with Crippen LogP contribution >= 0.6 is 0 Å². The molecule has 0 N–H and O–H groups in total. The SMILES string of the molecule is CC(=O)O[C@H]1CC[C@@]2(C)[C@@H](CC(=O)[C@@H]3[C@@H]2CC[C@]2(C)[C@@H](OC(C)=O)CC[C@@H]32)C1. The van der Waals surface area contributed by atoms with Crippen molar-refractivity contribution in [2.45, 2.75) is 91.3 Å². The lowest BCUT2D eigenvalue weighted by Crippen LogP contribution is -2.58. The number of esters is 2. The molecule has 0 aromatic rings. The zero-order valence-corrected chi connectivity index (χ0v) is 17.7. The minimum Gasteiger partial charge on any atom is -0.463 e. The number of carbonyl (C=O) groups excluding carboxylic acids is 3. The second kappa shape index (κ2) is 6.84. The molecule has 156 valence electrons. The second-order valence-corrected chi connectivity index (χ2v) is 10.3. The molecule has 4 aliphatic rings. The minimum atomic E-state index is -0.218. The Balaban J connectivity index is 1.57. The van der Waals surface area contributed by atoms with Crippen LogP contribution in [0.25, 0.3) is 0 Å². The highest BCUT2D eigenvalue weighted by Crippen LogP contribution is 2.65. The maximum Gasteiger partial charge on any atom is 0.302 e. The third kappa shape index (κ3) is 3.00. The molecule has 0 aliphatic heterocycles. The van der Waals surface area contributed by atoms with Gasteiger partial charge in [-0.2, -0.15) is 0 Å². The van der Waals surface area contributed by atoms with Crippen molar-refractivity contribution in [1.82, 2.24) is 0 Å². The van der Waals surface area contributed by atoms with Crippen molar-refractivity contribution in [3.8, 4) is 0 Å². The van der Waals surface area contributed by atoms with Gasteiger partial charge in [0.1, 0.15) is 18.0 Å². The van der Waals surface area contributed by atoms with Gasteiger partial charge in [0.05, 0.1) is 0 Å². The van der Waals surface area contributed by atoms with Gasteiger partial charge in [-0.05, 0) is 68.1 Å². The first-order valence-electron chi connectivity index (χ1n) is 11.0. The van der Waals surface area contributed by atoms with Crippen LogP contribution in [0.1, 0.15) is 79.1 Å². The van der Waals surface area contributed by atoms with Crippen molar-refractivity contribution in [1.29, 1.82) is 0 Å². The van der Waals surface area contributed by atoms with E-state index in [1.165, 1.54) is 13.8 Å². The van der Waals surface area contributed by atoms with Gasteiger partial charge in [0, 0.05) is 31.6 Å². The van der Waals surface area contributed by atoms with E-state index in [-0.39, 0.29) is 40.9 Å². The average molecular weight is 391 g/mol. The van der Waals surface area contributed by atoms with Crippen LogP contribution in [-0.4, -0.2) is 29.9 Å². The van der Waals surface area contributed by atoms with Gasteiger partial charge in [-0.1, -0.05) is 13.8 Å². The van der Waals surface area contributed by atoms with Crippen molar-refractivity contribution in [2.75, 3.05) is 0 Å². The molecule has 4 rings (SSSR count). The van der Waals surface area contributed by atoms with Gasteiger partial charge >= 0.3 is 11.9 Å². The van der Waals surface area contributed by atoms with E-state index in [4.69, 9.17) is 9.47 Å². The first-order chi connectivity index (χ1) is 13.1. The number of Topliss-reactive ketones (excluding diaryl/α,β-unsaturated/α-hetero) is 1. The molecule has 0 aromatic heterocycles. The topological polar surface area (TPSA) is 69.7 Å². The van der Waals surface area contributed by atoms with Crippen LogP contribution in [0.2, 0.25) is 0 Å². The highest BCUT2D eigenvalue weighted by atomic mass is 16.5. The molecule has 0 bridgehead atoms. The third-order valence-corrected chi connectivity index (χ3v) is 8.98. The van der Waals surface area contributed by atoms with Crippen LogP contribution in [0.4, 0.5) is 0 Å². The lowest BCUT2D eigenvalue weighted by molar-refractivity contribution is -0.173. The fourth-order valence-corrected chi connectivity index (χ4v) is 7.58. The smallest absolute Gasteiger partial charge is 0.302 e. The Bertz CT molecular complexity index is 686. The summed E-state index contributed by atoms with van der Waals surface area (Å²) in [5.41, 5.74) is 0.0801. The minimum absolute atomic E-state index is 0.0337. The molecular weight excluding hydrogens is 356 g/mol. The van der Waals surface area contributed by atoms with Crippen LogP contribution in [-0.2, 0) is 23.9 Å². The van der Waals surface area contributed by atoms with Crippen LogP contribution in [0.3, 0.4) is 0 Å². The van der Waals surface area contributed by atoms with E-state index < -0.39 is 0 Å². The van der Waals surface area contributed by atoms with E-state index in [1.807, 2.05) is 0 Å². The van der Waals surface area contributed by atoms with E-state index in [0.29, 0.717) is 30.0 Å². The lowest BCUT2D eigenvalue weighted by atomic mass is 9.45. The second-order valence-electron chi connectivity index (χ2n) is 10.3. The molecule has 4 saturated carbocycles. The molecule has 8 atom stereocenters. The highest BCUT2D eigenvalue weighted by Gasteiger charge is 2.63. The van der Waals surface area contributed by atoms with Crippen LogP contribution in [0.5, 0.6) is 0 Å². The summed E-state index contributed by atoms with van der Waals surface area (Å²) in [5.74, 6) is 1.12. The quantitative estimate of drug-likeness (QED) is 0.665. The Morgan fingerprint density at radius 2 is 1.54 bits per heavy atom. The third-order valence-electron chi connectivity index (χ3n) is 8.98. The molecule has 0 spiro atoms. The number of ether oxygens (including phenoxy) is 2. The fourth-order valence-electron chi connectivity index (χ4n) is 7.58. The summed E-state index contributed by atoms with van der Waals surface area (Å²) >= 11 is 0. The van der Waals surface area contributed by atoms with Crippen LogP contribution in [0.15, 0.2) is 0 Å². The molecule has 5 nitrogen and oxygen atoms in total. The molecule has 0 radical (unpaired) electrons. The summed E-state index contributed by atoms with van der Waals surface area (Å²) in [6, 6.07) is 0. The number of rotatable bonds is 2. The first-order valence-corrected chi connectivity index (χ1v) is 11.0. The van der Waals surface area contributed by atoms with Gasteiger partial charge in [-0.25, -0.2) is 0 Å². The Hall–Kier alpha value is -1.39. The normalized spacial score (nSPS) is 47.5. The van der Waals surface area contributed by atoms with E-state index in [2.05, 4.69) is 13.8 Å². The van der Waals surface area contributed by atoms with Gasteiger partial charge in [0.25, 0.3) is 0 Å². The maximum atomic E-state index is 13.4. The van der Waals surface area contributed by atoms with Crippen molar-refractivity contribution in [3.63, 3.8) is 0 Å².